The summed E-state index contributed by atoms with van der Waals surface area (Å²) in [5.74, 6) is -0.539. The second-order valence-corrected chi connectivity index (χ2v) is 6.08. The second kappa shape index (κ2) is 4.55. The number of aromatic nitrogens is 4. The summed E-state index contributed by atoms with van der Waals surface area (Å²) < 4.78 is 39.5. The van der Waals surface area contributed by atoms with E-state index in [1.165, 1.54) is 6.07 Å². The summed E-state index contributed by atoms with van der Waals surface area (Å²) in [7, 11) is 0. The molecular formula is C13H15F3N6. The van der Waals surface area contributed by atoms with Crippen molar-refractivity contribution >= 4 is 11.5 Å². The van der Waals surface area contributed by atoms with Crippen LogP contribution in [0.15, 0.2) is 12.1 Å². The third-order valence-corrected chi connectivity index (χ3v) is 4.60. The number of hydrogen-bond acceptors (Lipinski definition) is 5. The molecule has 2 fully saturated rings. The van der Waals surface area contributed by atoms with E-state index in [2.05, 4.69) is 20.6 Å². The Morgan fingerprint density at radius 2 is 2.05 bits per heavy atom. The monoisotopic (exact) mass is 312 g/mol. The average Bonchev–Trinajstić information content (AvgIpc) is 3.18. The summed E-state index contributed by atoms with van der Waals surface area (Å²) in [6.45, 7) is 3.60. The summed E-state index contributed by atoms with van der Waals surface area (Å²) in [5, 5.41) is 14.2. The van der Waals surface area contributed by atoms with Crippen LogP contribution in [0.5, 0.6) is 0 Å². The molecule has 2 aliphatic heterocycles. The Morgan fingerprint density at radius 3 is 2.77 bits per heavy atom. The highest BCUT2D eigenvalue weighted by Crippen LogP contribution is 2.37. The van der Waals surface area contributed by atoms with Gasteiger partial charge in [0.15, 0.2) is 5.65 Å². The van der Waals surface area contributed by atoms with E-state index in [1.54, 1.807) is 6.07 Å². The summed E-state index contributed by atoms with van der Waals surface area (Å²) >= 11 is 0. The van der Waals surface area contributed by atoms with Crippen LogP contribution < -0.4 is 10.2 Å². The maximum absolute atomic E-state index is 12.9. The largest absolute Gasteiger partial charge is 0.453 e. The summed E-state index contributed by atoms with van der Waals surface area (Å²) in [6.07, 6.45) is -2.42. The number of nitrogens with one attached hydrogen (secondary N) is 1. The van der Waals surface area contributed by atoms with Gasteiger partial charge in [-0.25, -0.2) is 0 Å². The average molecular weight is 312 g/mol. The zero-order valence-electron chi connectivity index (χ0n) is 11.8. The Hall–Kier alpha value is -1.90. The first kappa shape index (κ1) is 13.7. The number of fused-ring (bicyclic) bond motifs is 1. The Balaban J connectivity index is 1.68. The van der Waals surface area contributed by atoms with Crippen LogP contribution in [-0.2, 0) is 6.18 Å². The van der Waals surface area contributed by atoms with Crippen LogP contribution in [0.4, 0.5) is 19.0 Å². The predicted octanol–water partition coefficient (Wildman–Crippen LogP) is 1.33. The fraction of sp³-hybridized carbons (Fsp3) is 0.615. The number of rotatable bonds is 1. The van der Waals surface area contributed by atoms with E-state index in [9.17, 15) is 13.2 Å². The molecule has 1 atom stereocenters. The fourth-order valence-corrected chi connectivity index (χ4v) is 3.40. The first-order valence-electron chi connectivity index (χ1n) is 7.22. The van der Waals surface area contributed by atoms with Crippen LogP contribution in [0, 0.1) is 5.41 Å². The first-order chi connectivity index (χ1) is 10.5. The molecule has 4 heterocycles. The molecule has 22 heavy (non-hydrogen) atoms. The molecule has 2 saturated heterocycles. The van der Waals surface area contributed by atoms with Crippen molar-refractivity contribution in [3.63, 3.8) is 0 Å². The van der Waals surface area contributed by atoms with Gasteiger partial charge in [-0.2, -0.15) is 17.7 Å². The molecule has 1 unspecified atom stereocenters. The number of nitrogens with zero attached hydrogens (tertiary/aromatic N) is 5. The van der Waals surface area contributed by atoms with E-state index < -0.39 is 12.0 Å². The quantitative estimate of drug-likeness (QED) is 0.861. The van der Waals surface area contributed by atoms with Gasteiger partial charge < -0.3 is 10.2 Å². The number of halogens is 3. The molecule has 4 rings (SSSR count). The lowest BCUT2D eigenvalue weighted by Crippen LogP contribution is -2.29. The molecule has 9 heteroatoms. The molecule has 0 aliphatic carbocycles. The van der Waals surface area contributed by atoms with Crippen molar-refractivity contribution in [1.82, 2.24) is 25.1 Å². The molecule has 0 bridgehead atoms. The third-order valence-electron chi connectivity index (χ3n) is 4.60. The van der Waals surface area contributed by atoms with E-state index in [0.717, 1.165) is 43.5 Å². The molecular weight excluding hydrogens is 297 g/mol. The van der Waals surface area contributed by atoms with E-state index in [4.69, 9.17) is 0 Å². The fourth-order valence-electron chi connectivity index (χ4n) is 3.40. The SMILES string of the molecule is FC(F)(F)c1nnc2ccc(N3CCC4(CCNC4)C3)nn12. The van der Waals surface area contributed by atoms with Gasteiger partial charge in [0.05, 0.1) is 0 Å². The zero-order chi connectivity index (χ0) is 15.4. The van der Waals surface area contributed by atoms with Crippen molar-refractivity contribution in [3.8, 4) is 0 Å². The third kappa shape index (κ3) is 2.11. The highest BCUT2D eigenvalue weighted by Gasteiger charge is 2.41. The molecule has 2 aromatic rings. The van der Waals surface area contributed by atoms with Gasteiger partial charge in [-0.3, -0.25) is 0 Å². The minimum absolute atomic E-state index is 0.104. The predicted molar refractivity (Wildman–Crippen MR) is 72.5 cm³/mol. The molecule has 0 aromatic carbocycles. The summed E-state index contributed by atoms with van der Waals surface area (Å²) in [6, 6.07) is 3.24. The molecule has 0 radical (unpaired) electrons. The van der Waals surface area contributed by atoms with Crippen molar-refractivity contribution in [2.45, 2.75) is 19.0 Å². The zero-order valence-corrected chi connectivity index (χ0v) is 11.8. The standard InChI is InChI=1S/C13H15F3N6/c14-13(15,16)11-19-18-9-1-2-10(20-22(9)11)21-6-4-12(8-21)3-5-17-7-12/h1-2,17H,3-8H2. The summed E-state index contributed by atoms with van der Waals surface area (Å²) in [4.78, 5) is 2.05. The molecule has 0 amide bonds. The minimum atomic E-state index is -4.56. The van der Waals surface area contributed by atoms with E-state index in [-0.39, 0.29) is 11.1 Å². The van der Waals surface area contributed by atoms with Crippen LogP contribution in [0.2, 0.25) is 0 Å². The van der Waals surface area contributed by atoms with Crippen molar-refractivity contribution < 1.29 is 13.2 Å². The van der Waals surface area contributed by atoms with E-state index >= 15 is 0 Å². The normalized spacial score (nSPS) is 25.7. The topological polar surface area (TPSA) is 58.4 Å². The number of hydrogen-bond donors (Lipinski definition) is 1. The minimum Gasteiger partial charge on any atom is -0.355 e. The Bertz CT molecular complexity index is 703. The molecule has 2 aliphatic rings. The lowest BCUT2D eigenvalue weighted by molar-refractivity contribution is -0.146. The van der Waals surface area contributed by atoms with Crippen LogP contribution >= 0.6 is 0 Å². The summed E-state index contributed by atoms with van der Waals surface area (Å²) in [5.41, 5.74) is 0.337. The lowest BCUT2D eigenvalue weighted by Gasteiger charge is -2.23. The Kier molecular flexibility index (Phi) is 2.84. The molecule has 1 spiro atoms. The highest BCUT2D eigenvalue weighted by molar-refractivity contribution is 5.47. The molecule has 6 nitrogen and oxygen atoms in total. The lowest BCUT2D eigenvalue weighted by atomic mass is 9.87. The highest BCUT2D eigenvalue weighted by atomic mass is 19.4. The maximum atomic E-state index is 12.9. The van der Waals surface area contributed by atoms with Crippen molar-refractivity contribution in [3.05, 3.63) is 18.0 Å². The van der Waals surface area contributed by atoms with Crippen LogP contribution in [0.25, 0.3) is 5.65 Å². The van der Waals surface area contributed by atoms with Gasteiger partial charge in [0.2, 0.25) is 0 Å². The van der Waals surface area contributed by atoms with E-state index in [0.29, 0.717) is 5.82 Å². The first-order valence-corrected chi connectivity index (χ1v) is 7.22. The number of anilines is 1. The maximum Gasteiger partial charge on any atom is 0.453 e. The van der Waals surface area contributed by atoms with Gasteiger partial charge in [0.25, 0.3) is 5.82 Å². The Morgan fingerprint density at radius 1 is 1.18 bits per heavy atom. The Labute approximate surface area is 124 Å². The molecule has 118 valence electrons. The van der Waals surface area contributed by atoms with Crippen LogP contribution in [-0.4, -0.2) is 46.0 Å². The van der Waals surface area contributed by atoms with Gasteiger partial charge in [0.1, 0.15) is 5.82 Å². The van der Waals surface area contributed by atoms with Gasteiger partial charge in [-0.1, -0.05) is 0 Å². The number of alkyl halides is 3. The van der Waals surface area contributed by atoms with Crippen molar-refractivity contribution in [2.75, 3.05) is 31.1 Å². The molecule has 1 N–H and O–H groups in total. The molecule has 0 saturated carbocycles. The van der Waals surface area contributed by atoms with Crippen molar-refractivity contribution in [1.29, 1.82) is 0 Å². The smallest absolute Gasteiger partial charge is 0.355 e. The van der Waals surface area contributed by atoms with Gasteiger partial charge in [-0.05, 0) is 31.5 Å². The van der Waals surface area contributed by atoms with E-state index in [1.807, 2.05) is 4.90 Å². The molecule has 2 aromatic heterocycles. The van der Waals surface area contributed by atoms with Crippen LogP contribution in [0.1, 0.15) is 18.7 Å². The van der Waals surface area contributed by atoms with Gasteiger partial charge in [-0.15, -0.1) is 15.3 Å². The van der Waals surface area contributed by atoms with Gasteiger partial charge >= 0.3 is 6.18 Å². The van der Waals surface area contributed by atoms with Gasteiger partial charge in [0, 0.05) is 25.0 Å². The second-order valence-electron chi connectivity index (χ2n) is 6.08. The van der Waals surface area contributed by atoms with Crippen LogP contribution in [0.3, 0.4) is 0 Å². The van der Waals surface area contributed by atoms with Crippen molar-refractivity contribution in [2.24, 2.45) is 5.41 Å².